The van der Waals surface area contributed by atoms with Crippen molar-refractivity contribution in [3.05, 3.63) is 78.5 Å². The number of nitrogens with one attached hydrogen (secondary N) is 2. The van der Waals surface area contributed by atoms with Crippen LogP contribution in [0.5, 0.6) is 0 Å². The van der Waals surface area contributed by atoms with Gasteiger partial charge in [0.25, 0.3) is 0 Å². The molecule has 0 aliphatic rings. The molecular formula is C22H20N6O3S. The number of nitrogens with zero attached hydrogens (tertiary/aromatic N) is 4. The van der Waals surface area contributed by atoms with Crippen molar-refractivity contribution in [2.24, 2.45) is 0 Å². The number of rotatable bonds is 7. The predicted octanol–water partition coefficient (Wildman–Crippen LogP) is 3.35. The topological polar surface area (TPSA) is 115 Å². The van der Waals surface area contributed by atoms with Gasteiger partial charge >= 0.3 is 6.03 Å². The Morgan fingerprint density at radius 3 is 2.72 bits per heavy atom. The Labute approximate surface area is 188 Å². The monoisotopic (exact) mass is 448 g/mol. The molecule has 3 heterocycles. The van der Waals surface area contributed by atoms with Crippen molar-refractivity contribution >= 4 is 23.7 Å². The maximum absolute atomic E-state index is 12.3. The Bertz CT molecular complexity index is 1210. The molecule has 1 aromatic carbocycles. The summed E-state index contributed by atoms with van der Waals surface area (Å²) in [5, 5.41) is 14.0. The van der Waals surface area contributed by atoms with Crippen LogP contribution in [-0.4, -0.2) is 37.4 Å². The Kier molecular flexibility index (Phi) is 6.61. The molecule has 0 fully saturated rings. The lowest BCUT2D eigenvalue weighted by Crippen LogP contribution is -2.39. The first-order valence-corrected chi connectivity index (χ1v) is 10.7. The summed E-state index contributed by atoms with van der Waals surface area (Å²) in [6.07, 6.45) is 4.92. The molecule has 10 heteroatoms. The van der Waals surface area contributed by atoms with Crippen molar-refractivity contribution in [3.63, 3.8) is 0 Å². The van der Waals surface area contributed by atoms with E-state index in [1.165, 1.54) is 18.0 Å². The van der Waals surface area contributed by atoms with E-state index in [0.717, 1.165) is 16.8 Å². The molecule has 2 N–H and O–H groups in total. The smallest absolute Gasteiger partial charge is 0.321 e. The number of aryl methyl sites for hydroxylation is 1. The molecule has 0 bridgehead atoms. The first-order valence-electron chi connectivity index (χ1n) is 9.76. The predicted molar refractivity (Wildman–Crippen MR) is 119 cm³/mol. The van der Waals surface area contributed by atoms with Gasteiger partial charge in [-0.1, -0.05) is 30.0 Å². The van der Waals surface area contributed by atoms with Gasteiger partial charge in [0.1, 0.15) is 5.76 Å². The molecule has 32 heavy (non-hydrogen) atoms. The van der Waals surface area contributed by atoms with Gasteiger partial charge in [-0.2, -0.15) is 0 Å². The quantitative estimate of drug-likeness (QED) is 0.417. The molecule has 4 aromatic rings. The summed E-state index contributed by atoms with van der Waals surface area (Å²) in [6, 6.07) is 14.4. The highest BCUT2D eigenvalue weighted by atomic mass is 32.2. The number of furan rings is 1. The van der Waals surface area contributed by atoms with Crippen LogP contribution >= 0.6 is 11.8 Å². The van der Waals surface area contributed by atoms with Crippen LogP contribution in [0.1, 0.15) is 11.3 Å². The average molecular weight is 449 g/mol. The summed E-state index contributed by atoms with van der Waals surface area (Å²) >= 11 is 1.19. The van der Waals surface area contributed by atoms with Gasteiger partial charge in [-0.15, -0.1) is 10.2 Å². The van der Waals surface area contributed by atoms with Crippen LogP contribution in [0.4, 0.5) is 4.79 Å². The summed E-state index contributed by atoms with van der Waals surface area (Å²) < 4.78 is 7.03. The Morgan fingerprint density at radius 2 is 1.97 bits per heavy atom. The molecule has 0 saturated carbocycles. The van der Waals surface area contributed by atoms with E-state index >= 15 is 0 Å². The highest BCUT2D eigenvalue weighted by Crippen LogP contribution is 2.28. The Hall–Kier alpha value is -3.92. The van der Waals surface area contributed by atoms with Gasteiger partial charge < -0.3 is 9.73 Å². The number of aromatic nitrogens is 4. The van der Waals surface area contributed by atoms with Crippen molar-refractivity contribution in [2.45, 2.75) is 18.6 Å². The lowest BCUT2D eigenvalue weighted by atomic mass is 10.2. The summed E-state index contributed by atoms with van der Waals surface area (Å²) in [6.45, 7) is 2.18. The average Bonchev–Trinajstić information content (AvgIpc) is 3.47. The zero-order valence-electron chi connectivity index (χ0n) is 17.2. The summed E-state index contributed by atoms with van der Waals surface area (Å²) in [5.74, 6) is 0.752. The van der Waals surface area contributed by atoms with Crippen LogP contribution in [0.25, 0.3) is 17.1 Å². The van der Waals surface area contributed by atoms with E-state index in [4.69, 9.17) is 4.42 Å². The number of benzene rings is 1. The third-order valence-corrected chi connectivity index (χ3v) is 5.43. The highest BCUT2D eigenvalue weighted by Gasteiger charge is 2.19. The third-order valence-electron chi connectivity index (χ3n) is 4.50. The van der Waals surface area contributed by atoms with Gasteiger partial charge in [-0.3, -0.25) is 19.7 Å². The van der Waals surface area contributed by atoms with E-state index < -0.39 is 11.9 Å². The van der Waals surface area contributed by atoms with Crippen molar-refractivity contribution in [1.29, 1.82) is 0 Å². The van der Waals surface area contributed by atoms with Crippen LogP contribution < -0.4 is 10.6 Å². The fraction of sp³-hybridized carbons (Fsp3) is 0.136. The highest BCUT2D eigenvalue weighted by molar-refractivity contribution is 7.99. The van der Waals surface area contributed by atoms with Crippen molar-refractivity contribution in [1.82, 2.24) is 30.4 Å². The van der Waals surface area contributed by atoms with E-state index in [1.54, 1.807) is 24.5 Å². The maximum Gasteiger partial charge on any atom is 0.321 e. The number of hydrogen-bond acceptors (Lipinski definition) is 7. The number of thioether (sulfide) groups is 1. The van der Waals surface area contributed by atoms with E-state index in [-0.39, 0.29) is 12.3 Å². The zero-order valence-corrected chi connectivity index (χ0v) is 18.0. The molecule has 162 valence electrons. The van der Waals surface area contributed by atoms with Crippen molar-refractivity contribution < 1.29 is 14.0 Å². The number of carbonyl (C=O) groups excluding carboxylic acids is 2. The van der Waals surface area contributed by atoms with E-state index in [9.17, 15) is 9.59 Å². The second-order valence-electron chi connectivity index (χ2n) is 6.77. The lowest BCUT2D eigenvalue weighted by Gasteiger charge is -2.12. The Morgan fingerprint density at radius 1 is 1.09 bits per heavy atom. The number of urea groups is 1. The minimum absolute atomic E-state index is 0.00870. The largest absolute Gasteiger partial charge is 0.467 e. The van der Waals surface area contributed by atoms with Gasteiger partial charge in [-0.25, -0.2) is 4.79 Å². The van der Waals surface area contributed by atoms with Gasteiger partial charge in [0, 0.05) is 18.0 Å². The second kappa shape index (κ2) is 9.92. The number of hydrogen-bond donors (Lipinski definition) is 2. The van der Waals surface area contributed by atoms with Gasteiger partial charge in [-0.05, 0) is 42.8 Å². The molecule has 0 atom stereocenters. The molecule has 9 nitrogen and oxygen atoms in total. The number of imide groups is 1. The van der Waals surface area contributed by atoms with Gasteiger partial charge in [0.2, 0.25) is 5.91 Å². The van der Waals surface area contributed by atoms with E-state index in [2.05, 4.69) is 25.8 Å². The van der Waals surface area contributed by atoms with E-state index in [0.29, 0.717) is 16.7 Å². The van der Waals surface area contributed by atoms with E-state index in [1.807, 2.05) is 47.9 Å². The normalized spacial score (nSPS) is 10.7. The molecule has 3 aromatic heterocycles. The minimum atomic E-state index is -0.594. The molecular weight excluding hydrogens is 428 g/mol. The summed E-state index contributed by atoms with van der Waals surface area (Å²) in [7, 11) is 0. The zero-order chi connectivity index (χ0) is 22.3. The molecule has 4 rings (SSSR count). The lowest BCUT2D eigenvalue weighted by molar-refractivity contribution is -0.117. The molecule has 0 aliphatic carbocycles. The van der Waals surface area contributed by atoms with Crippen molar-refractivity contribution in [3.8, 4) is 17.1 Å². The summed E-state index contributed by atoms with van der Waals surface area (Å²) in [4.78, 5) is 28.4. The van der Waals surface area contributed by atoms with Crippen LogP contribution in [0, 0.1) is 6.92 Å². The second-order valence-corrected chi connectivity index (χ2v) is 7.71. The van der Waals surface area contributed by atoms with Gasteiger partial charge in [0.15, 0.2) is 11.0 Å². The number of carbonyl (C=O) groups is 2. The molecule has 0 radical (unpaired) electrons. The van der Waals surface area contributed by atoms with Crippen LogP contribution in [0.3, 0.4) is 0 Å². The molecule has 0 unspecified atom stereocenters. The SMILES string of the molecule is Cc1ccccc1-n1c(SCC(=O)NC(=O)NCc2ccco2)nnc1-c1cccnc1. The number of para-hydroxylation sites is 1. The van der Waals surface area contributed by atoms with Crippen LogP contribution in [0.15, 0.2) is 76.8 Å². The van der Waals surface area contributed by atoms with Crippen LogP contribution in [-0.2, 0) is 11.3 Å². The first kappa shape index (κ1) is 21.3. The third kappa shape index (κ3) is 5.03. The Balaban J connectivity index is 1.47. The standard InChI is InChI=1S/C22H20N6O3S/c1-15-6-2-3-9-18(15)28-20(16-7-4-10-23-12-16)26-27-22(28)32-14-19(29)25-21(30)24-13-17-8-5-11-31-17/h2-12H,13-14H2,1H3,(H2,24,25,29,30). The fourth-order valence-electron chi connectivity index (χ4n) is 2.99. The van der Waals surface area contributed by atoms with Crippen molar-refractivity contribution in [2.75, 3.05) is 5.75 Å². The molecule has 3 amide bonds. The fourth-order valence-corrected chi connectivity index (χ4v) is 3.74. The minimum Gasteiger partial charge on any atom is -0.467 e. The summed E-state index contributed by atoms with van der Waals surface area (Å²) in [5.41, 5.74) is 2.73. The van der Waals surface area contributed by atoms with Gasteiger partial charge in [0.05, 0.1) is 24.2 Å². The molecule has 0 spiro atoms. The molecule has 0 saturated heterocycles. The number of amides is 3. The molecule has 0 aliphatic heterocycles. The first-order chi connectivity index (χ1) is 15.6. The van der Waals surface area contributed by atoms with Crippen LogP contribution in [0.2, 0.25) is 0 Å². The maximum atomic E-state index is 12.3. The number of pyridine rings is 1.